The lowest BCUT2D eigenvalue weighted by molar-refractivity contribution is -0.116. The fraction of sp³-hybridized carbons (Fsp3) is 0.200. The van der Waals surface area contributed by atoms with Crippen molar-refractivity contribution in [2.45, 2.75) is 35.2 Å². The Morgan fingerprint density at radius 3 is 2.43 bits per heavy atom. The molecule has 1 amide bonds. The molecule has 7 nitrogen and oxygen atoms in total. The van der Waals surface area contributed by atoms with Gasteiger partial charge in [0.2, 0.25) is 15.7 Å². The molecule has 0 radical (unpaired) electrons. The number of carbonyl (C=O) groups is 1. The first-order valence-electron chi connectivity index (χ1n) is 8.91. The molecule has 30 heavy (non-hydrogen) atoms. The maximum Gasteiger partial charge on any atom is 0.246 e. The highest BCUT2D eigenvalue weighted by Crippen LogP contribution is 2.34. The molecule has 158 valence electrons. The molecule has 2 aromatic carbocycles. The summed E-state index contributed by atoms with van der Waals surface area (Å²) in [6.45, 7) is 3.72. The molecule has 3 rings (SSSR count). The number of sulfone groups is 1. The maximum absolute atomic E-state index is 13.1. The fourth-order valence-corrected chi connectivity index (χ4v) is 5.39. The first kappa shape index (κ1) is 22.2. The van der Waals surface area contributed by atoms with Crippen LogP contribution >= 0.6 is 23.4 Å². The van der Waals surface area contributed by atoms with Crippen molar-refractivity contribution in [1.82, 2.24) is 9.78 Å². The molecule has 0 unspecified atom stereocenters. The van der Waals surface area contributed by atoms with Crippen LogP contribution in [-0.2, 0) is 21.2 Å². The molecule has 3 N–H and O–H groups in total. The van der Waals surface area contributed by atoms with Gasteiger partial charge in [0.1, 0.15) is 22.3 Å². The Morgan fingerprint density at radius 1 is 1.17 bits per heavy atom. The number of nitrogen functional groups attached to an aromatic ring is 1. The maximum atomic E-state index is 13.1. The van der Waals surface area contributed by atoms with Crippen LogP contribution in [0.15, 0.2) is 57.3 Å². The van der Waals surface area contributed by atoms with E-state index in [4.69, 9.17) is 17.3 Å². The largest absolute Gasteiger partial charge is 0.383 e. The summed E-state index contributed by atoms with van der Waals surface area (Å²) in [7, 11) is -3.93. The molecule has 1 aromatic heterocycles. The van der Waals surface area contributed by atoms with Gasteiger partial charge in [0.15, 0.2) is 0 Å². The van der Waals surface area contributed by atoms with Crippen molar-refractivity contribution in [2.24, 2.45) is 0 Å². The summed E-state index contributed by atoms with van der Waals surface area (Å²) in [6.07, 6.45) is 1.70. The van der Waals surface area contributed by atoms with Crippen molar-refractivity contribution < 1.29 is 13.2 Å². The van der Waals surface area contributed by atoms with E-state index in [-0.39, 0.29) is 33.1 Å². The molecule has 0 saturated heterocycles. The number of nitrogens with one attached hydrogen (secondary N) is 1. The van der Waals surface area contributed by atoms with Crippen molar-refractivity contribution in [3.05, 3.63) is 58.6 Å². The van der Waals surface area contributed by atoms with Gasteiger partial charge < -0.3 is 11.1 Å². The number of nitrogens with two attached hydrogens (primary N) is 1. The van der Waals surface area contributed by atoms with E-state index in [0.29, 0.717) is 10.7 Å². The van der Waals surface area contributed by atoms with Crippen LogP contribution in [0.25, 0.3) is 0 Å². The summed E-state index contributed by atoms with van der Waals surface area (Å²) in [4.78, 5) is 12.4. The van der Waals surface area contributed by atoms with E-state index in [9.17, 15) is 13.2 Å². The first-order chi connectivity index (χ1) is 14.1. The van der Waals surface area contributed by atoms with Gasteiger partial charge in [0.25, 0.3) is 0 Å². The molecule has 0 bridgehead atoms. The second-order valence-electron chi connectivity index (χ2n) is 6.69. The van der Waals surface area contributed by atoms with Crippen molar-refractivity contribution >= 4 is 50.6 Å². The Kier molecular flexibility index (Phi) is 6.44. The van der Waals surface area contributed by atoms with Crippen LogP contribution in [0.3, 0.4) is 0 Å². The standard InChI is InChI=1S/C20H21ClN4O3S2/c1-12-4-7-15(10-13(12)2)23-17(26)11-25-19(22)18(20(24-25)29-3)30(27,28)16-8-5-14(21)6-9-16/h4-10H,11,22H2,1-3H3,(H,23,26). The number of thioether (sulfide) groups is 1. The minimum absolute atomic E-state index is 0.0491. The molecule has 10 heteroatoms. The molecular weight excluding hydrogens is 444 g/mol. The van der Waals surface area contributed by atoms with Crippen molar-refractivity contribution in [2.75, 3.05) is 17.3 Å². The highest BCUT2D eigenvalue weighted by molar-refractivity contribution is 7.99. The van der Waals surface area contributed by atoms with Gasteiger partial charge in [0, 0.05) is 10.7 Å². The first-order valence-corrected chi connectivity index (χ1v) is 12.0. The zero-order valence-corrected chi connectivity index (χ0v) is 19.0. The molecule has 0 spiro atoms. The van der Waals surface area contributed by atoms with E-state index in [2.05, 4.69) is 10.4 Å². The highest BCUT2D eigenvalue weighted by Gasteiger charge is 2.29. The minimum Gasteiger partial charge on any atom is -0.383 e. The number of amides is 1. The topological polar surface area (TPSA) is 107 Å². The lowest BCUT2D eigenvalue weighted by Crippen LogP contribution is -2.21. The normalized spacial score (nSPS) is 11.5. The third-order valence-corrected chi connectivity index (χ3v) is 7.47. The average Bonchev–Trinajstić information content (AvgIpc) is 3.01. The average molecular weight is 465 g/mol. The van der Waals surface area contributed by atoms with Crippen LogP contribution in [0.4, 0.5) is 11.5 Å². The zero-order chi connectivity index (χ0) is 22.1. The Bertz CT molecular complexity index is 1210. The van der Waals surface area contributed by atoms with Crippen LogP contribution in [0.5, 0.6) is 0 Å². The Labute approximate surface area is 184 Å². The van der Waals surface area contributed by atoms with Crippen LogP contribution in [0.1, 0.15) is 11.1 Å². The van der Waals surface area contributed by atoms with Gasteiger partial charge in [-0.3, -0.25) is 4.79 Å². The summed E-state index contributed by atoms with van der Waals surface area (Å²) in [5, 5.41) is 7.67. The van der Waals surface area contributed by atoms with Gasteiger partial charge in [-0.1, -0.05) is 17.7 Å². The Balaban J connectivity index is 1.90. The lowest BCUT2D eigenvalue weighted by atomic mass is 10.1. The number of rotatable bonds is 6. The van der Waals surface area contributed by atoms with E-state index in [1.807, 2.05) is 26.0 Å². The van der Waals surface area contributed by atoms with Crippen LogP contribution in [-0.4, -0.2) is 30.4 Å². The van der Waals surface area contributed by atoms with E-state index >= 15 is 0 Å². The van der Waals surface area contributed by atoms with Crippen LogP contribution in [0, 0.1) is 13.8 Å². The van der Waals surface area contributed by atoms with E-state index in [0.717, 1.165) is 22.9 Å². The monoisotopic (exact) mass is 464 g/mol. The molecular formula is C20H21ClN4O3S2. The van der Waals surface area contributed by atoms with Crippen molar-refractivity contribution in [3.63, 3.8) is 0 Å². The summed E-state index contributed by atoms with van der Waals surface area (Å²) in [5.74, 6) is -0.458. The molecule has 0 atom stereocenters. The van der Waals surface area contributed by atoms with Crippen molar-refractivity contribution in [3.8, 4) is 0 Å². The molecule has 0 aliphatic carbocycles. The fourth-order valence-electron chi connectivity index (χ4n) is 2.83. The second kappa shape index (κ2) is 8.71. The smallest absolute Gasteiger partial charge is 0.246 e. The van der Waals surface area contributed by atoms with E-state index in [1.54, 1.807) is 12.3 Å². The van der Waals surface area contributed by atoms with Gasteiger partial charge in [-0.25, -0.2) is 13.1 Å². The lowest BCUT2D eigenvalue weighted by Gasteiger charge is -2.09. The predicted octanol–water partition coefficient (Wildman–Crippen LogP) is 3.93. The van der Waals surface area contributed by atoms with Gasteiger partial charge in [-0.2, -0.15) is 5.10 Å². The SMILES string of the molecule is CSc1nn(CC(=O)Nc2ccc(C)c(C)c2)c(N)c1S(=O)(=O)c1ccc(Cl)cc1. The minimum atomic E-state index is -3.93. The zero-order valence-electron chi connectivity index (χ0n) is 16.6. The number of hydrogen-bond donors (Lipinski definition) is 2. The third-order valence-electron chi connectivity index (χ3n) is 4.59. The number of aromatic nitrogens is 2. The van der Waals surface area contributed by atoms with Gasteiger partial charge in [-0.05, 0) is 67.6 Å². The number of anilines is 2. The number of aryl methyl sites for hydroxylation is 2. The highest BCUT2D eigenvalue weighted by atomic mass is 35.5. The predicted molar refractivity (Wildman–Crippen MR) is 120 cm³/mol. The Hall–Kier alpha value is -2.49. The number of carbonyl (C=O) groups excluding carboxylic acids is 1. The molecule has 1 heterocycles. The number of benzene rings is 2. The number of halogens is 1. The Morgan fingerprint density at radius 2 is 1.83 bits per heavy atom. The summed E-state index contributed by atoms with van der Waals surface area (Å²) < 4.78 is 27.4. The van der Waals surface area contributed by atoms with Crippen molar-refractivity contribution in [1.29, 1.82) is 0 Å². The number of nitrogens with zero attached hydrogens (tertiary/aromatic N) is 2. The molecule has 0 aliphatic rings. The summed E-state index contributed by atoms with van der Waals surface area (Å²) in [5.41, 5.74) is 8.93. The van der Waals surface area contributed by atoms with E-state index in [1.165, 1.54) is 28.9 Å². The number of hydrogen-bond acceptors (Lipinski definition) is 6. The molecule has 3 aromatic rings. The third kappa shape index (κ3) is 4.48. The second-order valence-corrected chi connectivity index (χ2v) is 9.80. The van der Waals surface area contributed by atoms with Crippen LogP contribution < -0.4 is 11.1 Å². The van der Waals surface area contributed by atoms with Crippen LogP contribution in [0.2, 0.25) is 5.02 Å². The molecule has 0 saturated carbocycles. The summed E-state index contributed by atoms with van der Waals surface area (Å²) >= 11 is 7.00. The molecule has 0 aliphatic heterocycles. The summed E-state index contributed by atoms with van der Waals surface area (Å²) in [6, 6.07) is 11.4. The van der Waals surface area contributed by atoms with Gasteiger partial charge in [-0.15, -0.1) is 11.8 Å². The molecule has 0 fully saturated rings. The van der Waals surface area contributed by atoms with Gasteiger partial charge >= 0.3 is 0 Å². The van der Waals surface area contributed by atoms with E-state index < -0.39 is 9.84 Å². The quantitative estimate of drug-likeness (QED) is 0.535. The van der Waals surface area contributed by atoms with Gasteiger partial charge in [0.05, 0.1) is 4.90 Å².